The van der Waals surface area contributed by atoms with Gasteiger partial charge < -0.3 is 14.6 Å². The Labute approximate surface area is 169 Å². The van der Waals surface area contributed by atoms with Crippen molar-refractivity contribution < 1.29 is 18.4 Å². The molecule has 2 aromatic carbocycles. The molecule has 0 fully saturated rings. The molecule has 1 heterocycles. The first-order chi connectivity index (χ1) is 14.1. The second-order valence-electron chi connectivity index (χ2n) is 6.61. The summed E-state index contributed by atoms with van der Waals surface area (Å²) in [5.74, 6) is -0.206. The van der Waals surface area contributed by atoms with E-state index >= 15 is 0 Å². The standard InChI is InChI=1S/C23H23FN2O3/c1-2-21(27)26(16-17-10-12-19(24)13-11-17)22(18-7-4-3-5-8-18)23(28)25-15-20-9-6-14-29-20/h3-14,22H,2,15-16H2,1H3,(H,25,28)/t22-/m0/s1. The third kappa shape index (κ3) is 5.31. The molecule has 5 nitrogen and oxygen atoms in total. The van der Waals surface area contributed by atoms with E-state index in [4.69, 9.17) is 4.42 Å². The largest absolute Gasteiger partial charge is 0.467 e. The molecule has 6 heteroatoms. The van der Waals surface area contributed by atoms with Gasteiger partial charge >= 0.3 is 0 Å². The molecule has 150 valence electrons. The Kier molecular flexibility index (Phi) is 6.79. The molecule has 0 spiro atoms. The molecule has 3 aromatic rings. The van der Waals surface area contributed by atoms with Crippen LogP contribution in [0.25, 0.3) is 0 Å². The molecule has 0 unspecified atom stereocenters. The number of amides is 2. The van der Waals surface area contributed by atoms with Gasteiger partial charge in [-0.25, -0.2) is 4.39 Å². The molecule has 0 aliphatic heterocycles. The molecular weight excluding hydrogens is 371 g/mol. The molecule has 2 amide bonds. The number of furan rings is 1. The van der Waals surface area contributed by atoms with E-state index < -0.39 is 6.04 Å². The quantitative estimate of drug-likeness (QED) is 0.622. The van der Waals surface area contributed by atoms with Crippen molar-refractivity contribution >= 4 is 11.8 Å². The van der Waals surface area contributed by atoms with Crippen molar-refractivity contribution in [3.63, 3.8) is 0 Å². The normalized spacial score (nSPS) is 11.7. The van der Waals surface area contributed by atoms with Crippen molar-refractivity contribution in [1.82, 2.24) is 10.2 Å². The SMILES string of the molecule is CCC(=O)N(Cc1ccc(F)cc1)[C@H](C(=O)NCc1ccco1)c1ccccc1. The summed E-state index contributed by atoms with van der Waals surface area (Å²) >= 11 is 0. The highest BCUT2D eigenvalue weighted by molar-refractivity contribution is 5.88. The second kappa shape index (κ2) is 9.68. The van der Waals surface area contributed by atoms with Crippen LogP contribution in [0.3, 0.4) is 0 Å². The zero-order chi connectivity index (χ0) is 20.6. The zero-order valence-corrected chi connectivity index (χ0v) is 16.2. The van der Waals surface area contributed by atoms with Gasteiger partial charge in [-0.2, -0.15) is 0 Å². The van der Waals surface area contributed by atoms with E-state index in [0.717, 1.165) is 5.56 Å². The van der Waals surface area contributed by atoms with E-state index in [0.29, 0.717) is 11.3 Å². The summed E-state index contributed by atoms with van der Waals surface area (Å²) in [5.41, 5.74) is 1.45. The van der Waals surface area contributed by atoms with Crippen LogP contribution in [0, 0.1) is 5.82 Å². The lowest BCUT2D eigenvalue weighted by Gasteiger charge is -2.31. The van der Waals surface area contributed by atoms with Crippen molar-refractivity contribution in [2.24, 2.45) is 0 Å². The van der Waals surface area contributed by atoms with Gasteiger partial charge in [0.05, 0.1) is 12.8 Å². The van der Waals surface area contributed by atoms with Gasteiger partial charge in [0.1, 0.15) is 17.6 Å². The fourth-order valence-corrected chi connectivity index (χ4v) is 3.11. The predicted molar refractivity (Wildman–Crippen MR) is 107 cm³/mol. The Hall–Kier alpha value is -3.41. The topological polar surface area (TPSA) is 62.6 Å². The number of nitrogens with one attached hydrogen (secondary N) is 1. The van der Waals surface area contributed by atoms with Crippen molar-refractivity contribution in [2.75, 3.05) is 0 Å². The summed E-state index contributed by atoms with van der Waals surface area (Å²) in [6.07, 6.45) is 1.79. The lowest BCUT2D eigenvalue weighted by atomic mass is 10.0. The Balaban J connectivity index is 1.90. The van der Waals surface area contributed by atoms with Crippen molar-refractivity contribution in [2.45, 2.75) is 32.5 Å². The summed E-state index contributed by atoms with van der Waals surface area (Å²) in [4.78, 5) is 27.5. The third-order valence-corrected chi connectivity index (χ3v) is 4.58. The first kappa shape index (κ1) is 20.3. The van der Waals surface area contributed by atoms with Crippen molar-refractivity contribution in [3.8, 4) is 0 Å². The Morgan fingerprint density at radius 3 is 2.38 bits per heavy atom. The molecule has 0 saturated heterocycles. The molecule has 1 N–H and O–H groups in total. The first-order valence-corrected chi connectivity index (χ1v) is 9.47. The number of hydrogen-bond acceptors (Lipinski definition) is 3. The van der Waals surface area contributed by atoms with Crippen LogP contribution in [-0.4, -0.2) is 16.7 Å². The first-order valence-electron chi connectivity index (χ1n) is 9.47. The highest BCUT2D eigenvalue weighted by atomic mass is 19.1. The van der Waals surface area contributed by atoms with Gasteiger partial charge in [-0.3, -0.25) is 9.59 Å². The van der Waals surface area contributed by atoms with Gasteiger partial charge in [-0.15, -0.1) is 0 Å². The Bertz CT molecular complexity index is 925. The number of carbonyl (C=O) groups excluding carboxylic acids is 2. The molecule has 1 atom stereocenters. The number of benzene rings is 2. The smallest absolute Gasteiger partial charge is 0.247 e. The van der Waals surface area contributed by atoms with Crippen molar-refractivity contribution in [3.05, 3.63) is 95.7 Å². The van der Waals surface area contributed by atoms with Gasteiger partial charge in [0, 0.05) is 13.0 Å². The average molecular weight is 394 g/mol. The second-order valence-corrected chi connectivity index (χ2v) is 6.61. The van der Waals surface area contributed by atoms with Crippen LogP contribution in [0.15, 0.2) is 77.4 Å². The van der Waals surface area contributed by atoms with Gasteiger partial charge in [-0.05, 0) is 35.4 Å². The number of carbonyl (C=O) groups is 2. The molecule has 0 bridgehead atoms. The van der Waals surface area contributed by atoms with Crippen LogP contribution in [0.4, 0.5) is 4.39 Å². The van der Waals surface area contributed by atoms with Gasteiger partial charge in [0.2, 0.25) is 11.8 Å². The third-order valence-electron chi connectivity index (χ3n) is 4.58. The number of rotatable bonds is 8. The van der Waals surface area contributed by atoms with Gasteiger partial charge in [-0.1, -0.05) is 49.4 Å². The molecule has 0 aliphatic carbocycles. The lowest BCUT2D eigenvalue weighted by molar-refractivity contribution is -0.141. The maximum atomic E-state index is 13.3. The van der Waals surface area contributed by atoms with E-state index in [1.165, 1.54) is 23.3 Å². The summed E-state index contributed by atoms with van der Waals surface area (Å²) in [6.45, 7) is 2.17. The Morgan fingerprint density at radius 2 is 1.76 bits per heavy atom. The molecule has 1 aromatic heterocycles. The van der Waals surface area contributed by atoms with Gasteiger partial charge in [0.15, 0.2) is 0 Å². The van der Waals surface area contributed by atoms with E-state index in [9.17, 15) is 14.0 Å². The molecule has 3 rings (SSSR count). The van der Waals surface area contributed by atoms with Crippen LogP contribution in [-0.2, 0) is 22.7 Å². The summed E-state index contributed by atoms with van der Waals surface area (Å²) in [6, 6.07) is 17.8. The molecule has 0 aliphatic rings. The average Bonchev–Trinajstić information content (AvgIpc) is 3.27. The maximum Gasteiger partial charge on any atom is 0.247 e. The minimum Gasteiger partial charge on any atom is -0.467 e. The predicted octanol–water partition coefficient (Wildman–Crippen LogP) is 4.22. The van der Waals surface area contributed by atoms with Crippen LogP contribution in [0.1, 0.15) is 36.3 Å². The number of nitrogens with zero attached hydrogens (tertiary/aromatic N) is 1. The molecule has 0 saturated carbocycles. The summed E-state index contributed by atoms with van der Waals surface area (Å²) in [5, 5.41) is 2.85. The van der Waals surface area contributed by atoms with E-state index in [2.05, 4.69) is 5.32 Å². The fourth-order valence-electron chi connectivity index (χ4n) is 3.11. The highest BCUT2D eigenvalue weighted by Crippen LogP contribution is 2.25. The van der Waals surface area contributed by atoms with Crippen LogP contribution in [0.2, 0.25) is 0 Å². The fraction of sp³-hybridized carbons (Fsp3) is 0.217. The minimum absolute atomic E-state index is 0.170. The molecular formula is C23H23FN2O3. The number of hydrogen-bond donors (Lipinski definition) is 1. The van der Waals surface area contributed by atoms with Crippen LogP contribution in [0.5, 0.6) is 0 Å². The summed E-state index contributed by atoms with van der Waals surface area (Å²) < 4.78 is 18.6. The monoisotopic (exact) mass is 394 g/mol. The maximum absolute atomic E-state index is 13.3. The van der Waals surface area contributed by atoms with Crippen LogP contribution < -0.4 is 5.32 Å². The van der Waals surface area contributed by atoms with E-state index in [-0.39, 0.29) is 37.1 Å². The Morgan fingerprint density at radius 1 is 1.03 bits per heavy atom. The molecule has 0 radical (unpaired) electrons. The van der Waals surface area contributed by atoms with Crippen molar-refractivity contribution in [1.29, 1.82) is 0 Å². The van der Waals surface area contributed by atoms with E-state index in [1.54, 1.807) is 31.2 Å². The zero-order valence-electron chi connectivity index (χ0n) is 16.2. The van der Waals surface area contributed by atoms with Gasteiger partial charge in [0.25, 0.3) is 0 Å². The number of halogens is 1. The van der Waals surface area contributed by atoms with E-state index in [1.807, 2.05) is 30.3 Å². The lowest BCUT2D eigenvalue weighted by Crippen LogP contribution is -2.43. The highest BCUT2D eigenvalue weighted by Gasteiger charge is 2.30. The van der Waals surface area contributed by atoms with Crippen LogP contribution >= 0.6 is 0 Å². The molecule has 29 heavy (non-hydrogen) atoms. The minimum atomic E-state index is -0.816. The summed E-state index contributed by atoms with van der Waals surface area (Å²) in [7, 11) is 0.